The Balaban J connectivity index is 0.00000363. The number of nitrogens with zero attached hydrogens (tertiary/aromatic N) is 6. The van der Waals surface area contributed by atoms with Crippen LogP contribution < -0.4 is 10.2 Å². The Labute approximate surface area is 208 Å². The number of halogens is 1. The van der Waals surface area contributed by atoms with E-state index in [9.17, 15) is 4.79 Å². The van der Waals surface area contributed by atoms with Crippen molar-refractivity contribution in [3.05, 3.63) is 53.9 Å². The van der Waals surface area contributed by atoms with Gasteiger partial charge in [-0.2, -0.15) is 0 Å². The Bertz CT molecular complexity index is 852. The Morgan fingerprint density at radius 2 is 1.72 bits per heavy atom. The van der Waals surface area contributed by atoms with Crippen LogP contribution in [0.5, 0.6) is 0 Å². The Morgan fingerprint density at radius 3 is 2.31 bits per heavy atom. The molecule has 1 aliphatic heterocycles. The molecule has 0 aliphatic carbocycles. The molecular weight excluding hydrogens is 517 g/mol. The van der Waals surface area contributed by atoms with E-state index in [1.807, 2.05) is 18.0 Å². The molecule has 0 spiro atoms. The number of guanidine groups is 1. The fraction of sp³-hybridized carbons (Fsp3) is 0.478. The van der Waals surface area contributed by atoms with E-state index in [4.69, 9.17) is 0 Å². The highest BCUT2D eigenvalue weighted by atomic mass is 127. The molecule has 1 fully saturated rings. The average Bonchev–Trinajstić information content (AvgIpc) is 2.82. The number of anilines is 1. The molecule has 0 atom stereocenters. The molecule has 1 aliphatic rings. The number of carbonyl (C=O) groups excluding carboxylic acids is 1. The van der Waals surface area contributed by atoms with Gasteiger partial charge < -0.3 is 20.0 Å². The summed E-state index contributed by atoms with van der Waals surface area (Å²) < 4.78 is 0. The van der Waals surface area contributed by atoms with Crippen molar-refractivity contribution in [1.82, 2.24) is 25.1 Å². The topological polar surface area (TPSA) is 77.0 Å². The van der Waals surface area contributed by atoms with Gasteiger partial charge in [-0.05, 0) is 23.6 Å². The van der Waals surface area contributed by atoms with E-state index >= 15 is 0 Å². The number of benzene rings is 1. The number of piperazine rings is 1. The van der Waals surface area contributed by atoms with Gasteiger partial charge in [0.25, 0.3) is 0 Å². The molecule has 2 aromatic rings. The first-order valence-electron chi connectivity index (χ1n) is 10.9. The Kier molecular flexibility index (Phi) is 10.6. The van der Waals surface area contributed by atoms with E-state index < -0.39 is 0 Å². The maximum atomic E-state index is 12.6. The summed E-state index contributed by atoms with van der Waals surface area (Å²) in [6.07, 6.45) is 4.98. The molecule has 1 aromatic carbocycles. The number of hydrogen-bond acceptors (Lipinski definition) is 5. The van der Waals surface area contributed by atoms with Crippen molar-refractivity contribution < 1.29 is 4.79 Å². The van der Waals surface area contributed by atoms with Crippen molar-refractivity contribution in [3.8, 4) is 0 Å². The van der Waals surface area contributed by atoms with Crippen LogP contribution in [0.3, 0.4) is 0 Å². The summed E-state index contributed by atoms with van der Waals surface area (Å²) in [6.45, 7) is 6.38. The first-order chi connectivity index (χ1) is 15.1. The van der Waals surface area contributed by atoms with Crippen molar-refractivity contribution in [3.63, 3.8) is 0 Å². The van der Waals surface area contributed by atoms with Gasteiger partial charge in [-0.25, -0.2) is 9.97 Å². The third kappa shape index (κ3) is 7.32. The standard InChI is InChI=1S/C23H33N7O.HI/c1-4-19-6-8-20(9-7-19)18-28(3)22(24-2)27-13-10-21(31)29-14-16-30(17-15-29)23-25-11-5-12-26-23;/h5-9,11-12H,4,10,13-18H2,1-3H3,(H,24,27);1H. The van der Waals surface area contributed by atoms with Crippen molar-refractivity contribution in [2.75, 3.05) is 51.7 Å². The van der Waals surface area contributed by atoms with E-state index in [1.54, 1.807) is 19.4 Å². The lowest BCUT2D eigenvalue weighted by Gasteiger charge is -2.34. The molecular formula is C23H34IN7O. The molecule has 1 aromatic heterocycles. The van der Waals surface area contributed by atoms with Crippen LogP contribution >= 0.6 is 24.0 Å². The predicted octanol–water partition coefficient (Wildman–Crippen LogP) is 2.40. The summed E-state index contributed by atoms with van der Waals surface area (Å²) >= 11 is 0. The van der Waals surface area contributed by atoms with E-state index in [2.05, 4.69) is 61.3 Å². The van der Waals surface area contributed by atoms with Crippen LogP contribution in [-0.4, -0.2) is 78.5 Å². The molecule has 32 heavy (non-hydrogen) atoms. The zero-order valence-electron chi connectivity index (χ0n) is 19.2. The summed E-state index contributed by atoms with van der Waals surface area (Å²) in [5.41, 5.74) is 2.57. The van der Waals surface area contributed by atoms with Crippen molar-refractivity contribution in [2.45, 2.75) is 26.3 Å². The fourth-order valence-corrected chi connectivity index (χ4v) is 3.66. The largest absolute Gasteiger partial charge is 0.356 e. The molecule has 174 valence electrons. The number of aliphatic imine (C=N–C) groups is 1. The lowest BCUT2D eigenvalue weighted by Crippen LogP contribution is -2.50. The van der Waals surface area contributed by atoms with Gasteiger partial charge in [-0.15, -0.1) is 24.0 Å². The second kappa shape index (κ2) is 13.2. The van der Waals surface area contributed by atoms with Crippen molar-refractivity contribution in [2.24, 2.45) is 4.99 Å². The van der Waals surface area contributed by atoms with Crippen LogP contribution in [0.15, 0.2) is 47.7 Å². The predicted molar refractivity (Wildman–Crippen MR) is 140 cm³/mol. The normalized spacial score (nSPS) is 14.0. The van der Waals surface area contributed by atoms with E-state index in [0.717, 1.165) is 38.0 Å². The summed E-state index contributed by atoms with van der Waals surface area (Å²) in [5, 5.41) is 3.31. The Hall–Kier alpha value is -2.43. The van der Waals surface area contributed by atoms with E-state index in [-0.39, 0.29) is 29.9 Å². The maximum absolute atomic E-state index is 12.6. The van der Waals surface area contributed by atoms with Gasteiger partial charge in [0.05, 0.1) is 0 Å². The number of aryl methyl sites for hydroxylation is 1. The molecule has 1 amide bonds. The highest BCUT2D eigenvalue weighted by Crippen LogP contribution is 2.11. The maximum Gasteiger partial charge on any atom is 0.225 e. The van der Waals surface area contributed by atoms with Gasteiger partial charge in [0, 0.05) is 72.2 Å². The fourth-order valence-electron chi connectivity index (χ4n) is 3.66. The van der Waals surface area contributed by atoms with Gasteiger partial charge in [-0.1, -0.05) is 31.2 Å². The van der Waals surface area contributed by atoms with Crippen LogP contribution in [0.1, 0.15) is 24.5 Å². The second-order valence-corrected chi connectivity index (χ2v) is 7.67. The number of carbonyl (C=O) groups is 1. The lowest BCUT2D eigenvalue weighted by atomic mass is 10.1. The van der Waals surface area contributed by atoms with Crippen LogP contribution in [0.2, 0.25) is 0 Å². The number of rotatable bonds is 7. The van der Waals surface area contributed by atoms with E-state index in [0.29, 0.717) is 26.1 Å². The van der Waals surface area contributed by atoms with Crippen LogP contribution in [0.25, 0.3) is 0 Å². The molecule has 0 unspecified atom stereocenters. The average molecular weight is 551 g/mol. The minimum absolute atomic E-state index is 0. The second-order valence-electron chi connectivity index (χ2n) is 7.67. The zero-order chi connectivity index (χ0) is 22.1. The van der Waals surface area contributed by atoms with Crippen LogP contribution in [0.4, 0.5) is 5.95 Å². The highest BCUT2D eigenvalue weighted by molar-refractivity contribution is 14.0. The quantitative estimate of drug-likeness (QED) is 0.324. The first kappa shape index (κ1) is 25.8. The minimum Gasteiger partial charge on any atom is -0.356 e. The Morgan fingerprint density at radius 1 is 1.09 bits per heavy atom. The third-order valence-electron chi connectivity index (χ3n) is 5.51. The molecule has 0 saturated carbocycles. The minimum atomic E-state index is 0. The van der Waals surface area contributed by atoms with Gasteiger partial charge in [0.15, 0.2) is 5.96 Å². The molecule has 0 radical (unpaired) electrons. The molecule has 1 N–H and O–H groups in total. The molecule has 3 rings (SSSR count). The molecule has 2 heterocycles. The number of hydrogen-bond donors (Lipinski definition) is 1. The van der Waals surface area contributed by atoms with Crippen molar-refractivity contribution in [1.29, 1.82) is 0 Å². The van der Waals surface area contributed by atoms with Crippen LogP contribution in [-0.2, 0) is 17.8 Å². The highest BCUT2D eigenvalue weighted by Gasteiger charge is 2.22. The molecule has 1 saturated heterocycles. The van der Waals surface area contributed by atoms with Crippen molar-refractivity contribution >= 4 is 41.8 Å². The molecule has 9 heteroatoms. The van der Waals surface area contributed by atoms with Gasteiger partial charge in [-0.3, -0.25) is 9.79 Å². The number of aromatic nitrogens is 2. The summed E-state index contributed by atoms with van der Waals surface area (Å²) in [4.78, 5) is 31.7. The monoisotopic (exact) mass is 551 g/mol. The van der Waals surface area contributed by atoms with Gasteiger partial charge >= 0.3 is 0 Å². The first-order valence-corrected chi connectivity index (χ1v) is 10.9. The van der Waals surface area contributed by atoms with Crippen LogP contribution in [0, 0.1) is 0 Å². The zero-order valence-corrected chi connectivity index (χ0v) is 21.5. The van der Waals surface area contributed by atoms with Gasteiger partial charge in [0.1, 0.15) is 0 Å². The number of amides is 1. The summed E-state index contributed by atoms with van der Waals surface area (Å²) in [5.74, 6) is 1.68. The number of nitrogens with one attached hydrogen (secondary N) is 1. The SMILES string of the molecule is CCc1ccc(CN(C)C(=NC)NCCC(=O)N2CCN(c3ncccn3)CC2)cc1.I. The smallest absolute Gasteiger partial charge is 0.225 e. The lowest BCUT2D eigenvalue weighted by molar-refractivity contribution is -0.131. The summed E-state index contributed by atoms with van der Waals surface area (Å²) in [6, 6.07) is 10.5. The third-order valence-corrected chi connectivity index (χ3v) is 5.51. The van der Waals surface area contributed by atoms with Gasteiger partial charge in [0.2, 0.25) is 11.9 Å². The molecule has 0 bridgehead atoms. The molecule has 8 nitrogen and oxygen atoms in total. The summed E-state index contributed by atoms with van der Waals surface area (Å²) in [7, 11) is 3.78. The van der Waals surface area contributed by atoms with E-state index in [1.165, 1.54) is 11.1 Å².